The van der Waals surface area contributed by atoms with E-state index in [1.807, 2.05) is 11.8 Å². The van der Waals surface area contributed by atoms with E-state index in [1.165, 1.54) is 34.6 Å². The number of aliphatic hydroxyl groups excluding tert-OH is 1. The van der Waals surface area contributed by atoms with Gasteiger partial charge in [0.1, 0.15) is 12.1 Å². The second-order valence-electron chi connectivity index (χ2n) is 6.74. The molecule has 2 atom stereocenters. The van der Waals surface area contributed by atoms with Gasteiger partial charge in [0.05, 0.1) is 6.54 Å². The normalized spacial score (nSPS) is 15.9. The highest BCUT2D eigenvalue weighted by Gasteiger charge is 2.21. The minimum Gasteiger partial charge on any atom is -0.382 e. The molecule has 24 heavy (non-hydrogen) atoms. The summed E-state index contributed by atoms with van der Waals surface area (Å²) in [5, 5.41) is 12.9. The summed E-state index contributed by atoms with van der Waals surface area (Å²) in [6.07, 6.45) is 4.30. The van der Waals surface area contributed by atoms with Gasteiger partial charge in [-0.3, -0.25) is 0 Å². The van der Waals surface area contributed by atoms with Crippen LogP contribution in [0.4, 0.5) is 0 Å². The summed E-state index contributed by atoms with van der Waals surface area (Å²) in [6.45, 7) is 3.20. The maximum Gasteiger partial charge on any atom is 0.130 e. The van der Waals surface area contributed by atoms with Crippen molar-refractivity contribution in [1.82, 2.24) is 0 Å². The summed E-state index contributed by atoms with van der Waals surface area (Å²) in [5.74, 6) is 1.18. The van der Waals surface area contributed by atoms with Gasteiger partial charge < -0.3 is 10.4 Å². The number of hydrogen-bond donors (Lipinski definition) is 2. The first kappa shape index (κ1) is 17.5. The number of hydrogen-bond acceptors (Lipinski definition) is 2. The van der Waals surface area contributed by atoms with Crippen molar-refractivity contribution in [2.45, 2.75) is 49.6 Å². The summed E-state index contributed by atoms with van der Waals surface area (Å²) in [7, 11) is 0. The van der Waals surface area contributed by atoms with E-state index in [2.05, 4.69) is 60.8 Å². The summed E-state index contributed by atoms with van der Waals surface area (Å²) in [6, 6.07) is 17.4. The standard InChI is InChI=1S/C21H27NOS/c1-16(22-13-6-5-9-17-7-3-2-4-8-17)21(23)19-10-11-20-18(15-19)12-14-24-20/h2-4,7-8,10-11,15-16,21-23H,5-6,9,12-14H2,1H3/p+1/t16-,21+/m0/s1. The fraction of sp³-hybridized carbons (Fsp3) is 0.429. The van der Waals surface area contributed by atoms with Crippen LogP contribution in [0.25, 0.3) is 0 Å². The number of unbranched alkanes of at least 4 members (excludes halogenated alkanes) is 1. The summed E-state index contributed by atoms with van der Waals surface area (Å²) >= 11 is 1.92. The predicted octanol–water partition coefficient (Wildman–Crippen LogP) is 3.34. The molecule has 1 heterocycles. The molecule has 0 bridgehead atoms. The lowest BCUT2D eigenvalue weighted by Crippen LogP contribution is -2.90. The lowest BCUT2D eigenvalue weighted by molar-refractivity contribution is -0.694. The Morgan fingerprint density at radius 3 is 2.79 bits per heavy atom. The van der Waals surface area contributed by atoms with Crippen molar-refractivity contribution in [3.8, 4) is 0 Å². The first-order valence-corrected chi connectivity index (χ1v) is 10.0. The lowest BCUT2D eigenvalue weighted by atomic mass is 10.00. The monoisotopic (exact) mass is 342 g/mol. The molecule has 0 fully saturated rings. The van der Waals surface area contributed by atoms with Gasteiger partial charge in [-0.1, -0.05) is 42.5 Å². The smallest absolute Gasteiger partial charge is 0.130 e. The molecule has 1 aliphatic heterocycles. The molecule has 0 spiro atoms. The third kappa shape index (κ3) is 4.62. The van der Waals surface area contributed by atoms with Crippen LogP contribution in [-0.2, 0) is 12.8 Å². The zero-order chi connectivity index (χ0) is 16.8. The van der Waals surface area contributed by atoms with Crippen LogP contribution in [0.5, 0.6) is 0 Å². The molecule has 2 aromatic rings. The SMILES string of the molecule is C[C@H]([NH2+]CCCCc1ccccc1)[C@@H](O)c1ccc2c(c1)CCS2. The Morgan fingerprint density at radius 1 is 1.12 bits per heavy atom. The van der Waals surface area contributed by atoms with Crippen molar-refractivity contribution in [2.24, 2.45) is 0 Å². The number of benzene rings is 2. The van der Waals surface area contributed by atoms with E-state index in [-0.39, 0.29) is 12.1 Å². The molecule has 0 saturated heterocycles. The Morgan fingerprint density at radius 2 is 1.96 bits per heavy atom. The van der Waals surface area contributed by atoms with Crippen LogP contribution >= 0.6 is 11.8 Å². The second kappa shape index (κ2) is 8.70. The number of aryl methyl sites for hydroxylation is 2. The molecular weight excluding hydrogens is 314 g/mol. The summed E-state index contributed by atoms with van der Waals surface area (Å²) < 4.78 is 0. The van der Waals surface area contributed by atoms with Crippen LogP contribution in [0.2, 0.25) is 0 Å². The van der Waals surface area contributed by atoms with Crippen LogP contribution in [0.15, 0.2) is 53.4 Å². The van der Waals surface area contributed by atoms with Gasteiger partial charge in [0.25, 0.3) is 0 Å². The highest BCUT2D eigenvalue weighted by molar-refractivity contribution is 7.99. The van der Waals surface area contributed by atoms with Crippen LogP contribution < -0.4 is 5.32 Å². The average Bonchev–Trinajstić information content (AvgIpc) is 3.09. The van der Waals surface area contributed by atoms with Crippen molar-refractivity contribution in [3.05, 3.63) is 65.2 Å². The molecule has 0 saturated carbocycles. The van der Waals surface area contributed by atoms with Crippen molar-refractivity contribution >= 4 is 11.8 Å². The minimum absolute atomic E-state index is 0.203. The van der Waals surface area contributed by atoms with Crippen molar-refractivity contribution in [2.75, 3.05) is 12.3 Å². The van der Waals surface area contributed by atoms with E-state index < -0.39 is 0 Å². The lowest BCUT2D eigenvalue weighted by Gasteiger charge is -2.18. The van der Waals surface area contributed by atoms with Gasteiger partial charge in [-0.15, -0.1) is 11.8 Å². The van der Waals surface area contributed by atoms with Crippen molar-refractivity contribution in [1.29, 1.82) is 0 Å². The van der Waals surface area contributed by atoms with Gasteiger partial charge >= 0.3 is 0 Å². The van der Waals surface area contributed by atoms with Gasteiger partial charge in [0.15, 0.2) is 0 Å². The van der Waals surface area contributed by atoms with Gasteiger partial charge in [-0.05, 0) is 55.4 Å². The molecule has 0 amide bonds. The topological polar surface area (TPSA) is 36.8 Å². The fourth-order valence-corrected chi connectivity index (χ4v) is 4.37. The third-order valence-corrected chi connectivity index (χ3v) is 5.97. The van der Waals surface area contributed by atoms with Gasteiger partial charge in [0, 0.05) is 10.6 Å². The van der Waals surface area contributed by atoms with E-state index in [9.17, 15) is 5.11 Å². The molecular formula is C21H28NOS+. The fourth-order valence-electron chi connectivity index (χ4n) is 3.32. The summed E-state index contributed by atoms with van der Waals surface area (Å²) in [5.41, 5.74) is 3.90. The number of fused-ring (bicyclic) bond motifs is 1. The molecule has 0 aliphatic carbocycles. The van der Waals surface area contributed by atoms with E-state index >= 15 is 0 Å². The molecule has 0 unspecified atom stereocenters. The first-order valence-electron chi connectivity index (χ1n) is 9.05. The maximum absolute atomic E-state index is 10.6. The zero-order valence-electron chi connectivity index (χ0n) is 14.4. The van der Waals surface area contributed by atoms with Gasteiger partial charge in [-0.2, -0.15) is 0 Å². The highest BCUT2D eigenvalue weighted by atomic mass is 32.2. The van der Waals surface area contributed by atoms with Crippen LogP contribution in [0.1, 0.15) is 42.6 Å². The van der Waals surface area contributed by atoms with Crippen molar-refractivity contribution < 1.29 is 10.4 Å². The van der Waals surface area contributed by atoms with Gasteiger partial charge in [-0.25, -0.2) is 0 Å². The Hall–Kier alpha value is -1.29. The van der Waals surface area contributed by atoms with Crippen molar-refractivity contribution in [3.63, 3.8) is 0 Å². The average molecular weight is 343 g/mol. The molecule has 3 N–H and O–H groups in total. The first-order chi connectivity index (χ1) is 11.7. The Kier molecular flexibility index (Phi) is 6.36. The number of rotatable bonds is 8. The Bertz CT molecular complexity index is 644. The van der Waals surface area contributed by atoms with Crippen LogP contribution in [0.3, 0.4) is 0 Å². The molecule has 2 aromatic carbocycles. The predicted molar refractivity (Wildman–Crippen MR) is 101 cm³/mol. The van der Waals surface area contributed by atoms with Gasteiger partial charge in [0.2, 0.25) is 0 Å². The number of thioether (sulfide) groups is 1. The van der Waals surface area contributed by atoms with E-state index in [4.69, 9.17) is 0 Å². The van der Waals surface area contributed by atoms with E-state index in [0.29, 0.717) is 0 Å². The number of quaternary nitrogens is 1. The molecule has 2 nitrogen and oxygen atoms in total. The zero-order valence-corrected chi connectivity index (χ0v) is 15.3. The molecule has 1 aliphatic rings. The molecule has 0 radical (unpaired) electrons. The van der Waals surface area contributed by atoms with Crippen LogP contribution in [0, 0.1) is 0 Å². The summed E-state index contributed by atoms with van der Waals surface area (Å²) in [4.78, 5) is 1.39. The molecule has 3 heteroatoms. The largest absolute Gasteiger partial charge is 0.382 e. The third-order valence-electron chi connectivity index (χ3n) is 4.85. The van der Waals surface area contributed by atoms with E-state index in [1.54, 1.807) is 0 Å². The van der Waals surface area contributed by atoms with Crippen LogP contribution in [-0.4, -0.2) is 23.4 Å². The quantitative estimate of drug-likeness (QED) is 0.722. The Balaban J connectivity index is 1.40. The second-order valence-corrected chi connectivity index (χ2v) is 7.87. The maximum atomic E-state index is 10.6. The minimum atomic E-state index is -0.380. The molecule has 0 aromatic heterocycles. The number of aliphatic hydroxyl groups is 1. The Labute approximate surface area is 149 Å². The highest BCUT2D eigenvalue weighted by Crippen LogP contribution is 2.33. The van der Waals surface area contributed by atoms with E-state index in [0.717, 1.165) is 24.9 Å². The molecule has 3 rings (SSSR count). The molecule has 128 valence electrons. The number of nitrogens with two attached hydrogens (primary N) is 1.